The molecule has 0 aromatic carbocycles. The van der Waals surface area contributed by atoms with Crippen LogP contribution in [-0.2, 0) is 16.1 Å². The van der Waals surface area contributed by atoms with Crippen LogP contribution in [-0.4, -0.2) is 28.3 Å². The molecule has 0 saturated heterocycles. The number of nitrogens with two attached hydrogens (primary N) is 1. The molecule has 1 aliphatic rings. The second-order valence-electron chi connectivity index (χ2n) is 7.25. The van der Waals surface area contributed by atoms with Gasteiger partial charge in [-0.1, -0.05) is 5.16 Å². The minimum absolute atomic E-state index is 0.0109. The van der Waals surface area contributed by atoms with Crippen molar-refractivity contribution in [3.63, 3.8) is 0 Å². The maximum Gasteiger partial charge on any atom is 0.309 e. The van der Waals surface area contributed by atoms with Crippen LogP contribution in [0.5, 0.6) is 5.75 Å². The van der Waals surface area contributed by atoms with Gasteiger partial charge < -0.3 is 19.7 Å². The average molecular weight is 373 g/mol. The molecule has 146 valence electrons. The number of rotatable bonds is 6. The molecule has 3 rings (SSSR count). The number of nitrogens with zero attached hydrogens (tertiary/aromatic N) is 2. The van der Waals surface area contributed by atoms with Gasteiger partial charge in [0.25, 0.3) is 0 Å². The van der Waals surface area contributed by atoms with Crippen molar-refractivity contribution in [2.24, 2.45) is 11.7 Å². The second-order valence-corrected chi connectivity index (χ2v) is 7.25. The molecule has 1 saturated carbocycles. The third kappa shape index (κ3) is 4.66. The van der Waals surface area contributed by atoms with Crippen molar-refractivity contribution in [2.75, 3.05) is 0 Å². The van der Waals surface area contributed by atoms with E-state index in [4.69, 9.17) is 19.7 Å². The van der Waals surface area contributed by atoms with E-state index in [1.54, 1.807) is 6.20 Å². The number of ether oxygens (including phenoxy) is 2. The summed E-state index contributed by atoms with van der Waals surface area (Å²) < 4.78 is 16.7. The summed E-state index contributed by atoms with van der Waals surface area (Å²) in [6, 6.07) is 3.69. The maximum absolute atomic E-state index is 12.2. The fourth-order valence-corrected chi connectivity index (χ4v) is 3.40. The lowest BCUT2D eigenvalue weighted by Gasteiger charge is -2.28. The summed E-state index contributed by atoms with van der Waals surface area (Å²) in [5.74, 6) is 1.05. The highest BCUT2D eigenvalue weighted by molar-refractivity contribution is 5.72. The van der Waals surface area contributed by atoms with Crippen LogP contribution in [0.1, 0.15) is 50.8 Å². The highest BCUT2D eigenvalue weighted by atomic mass is 16.5. The van der Waals surface area contributed by atoms with Gasteiger partial charge in [0.1, 0.15) is 11.4 Å². The van der Waals surface area contributed by atoms with E-state index in [0.29, 0.717) is 30.2 Å². The smallest absolute Gasteiger partial charge is 0.309 e. The van der Waals surface area contributed by atoms with Crippen LogP contribution in [0.15, 0.2) is 22.9 Å². The van der Waals surface area contributed by atoms with E-state index in [0.717, 1.165) is 30.5 Å². The van der Waals surface area contributed by atoms with Crippen molar-refractivity contribution in [1.82, 2.24) is 10.1 Å². The lowest BCUT2D eigenvalue weighted by Crippen LogP contribution is -2.31. The zero-order valence-electron chi connectivity index (χ0n) is 16.1. The molecule has 0 radical (unpaired) electrons. The fraction of sp³-hybridized carbons (Fsp3) is 0.550. The van der Waals surface area contributed by atoms with Crippen molar-refractivity contribution in [1.29, 1.82) is 0 Å². The number of esters is 1. The molecular formula is C20H27N3O4. The van der Waals surface area contributed by atoms with Gasteiger partial charge in [0, 0.05) is 12.1 Å². The first-order chi connectivity index (χ1) is 13.0. The van der Waals surface area contributed by atoms with Gasteiger partial charge in [-0.2, -0.15) is 0 Å². The molecule has 27 heavy (non-hydrogen) atoms. The van der Waals surface area contributed by atoms with Crippen LogP contribution in [0.3, 0.4) is 0 Å². The Bertz CT molecular complexity index is 770. The van der Waals surface area contributed by atoms with Crippen molar-refractivity contribution < 1.29 is 18.8 Å². The number of hydrogen-bond acceptors (Lipinski definition) is 7. The molecule has 0 amide bonds. The molecule has 2 aromatic heterocycles. The SMILES string of the molecule is Cc1noc(-c2ccc(O[C@H]3CCC[C@H](C(=O)OC(C)C)C3)cn2)c1CN. The summed E-state index contributed by atoms with van der Waals surface area (Å²) >= 11 is 0. The maximum atomic E-state index is 12.2. The third-order valence-electron chi connectivity index (χ3n) is 4.77. The van der Waals surface area contributed by atoms with Gasteiger partial charge in [0.2, 0.25) is 0 Å². The molecule has 2 heterocycles. The first kappa shape index (κ1) is 19.4. The first-order valence-corrected chi connectivity index (χ1v) is 9.46. The number of carbonyl (C=O) groups excluding carboxylic acids is 1. The van der Waals surface area contributed by atoms with E-state index < -0.39 is 0 Å². The Morgan fingerprint density at radius 1 is 1.37 bits per heavy atom. The van der Waals surface area contributed by atoms with E-state index in [1.165, 1.54) is 0 Å². The lowest BCUT2D eigenvalue weighted by molar-refractivity contribution is -0.154. The van der Waals surface area contributed by atoms with Crippen LogP contribution in [0.25, 0.3) is 11.5 Å². The Balaban J connectivity index is 1.63. The average Bonchev–Trinajstić information content (AvgIpc) is 3.02. The van der Waals surface area contributed by atoms with Gasteiger partial charge in [0.15, 0.2) is 5.76 Å². The molecule has 1 aliphatic carbocycles. The Morgan fingerprint density at radius 3 is 2.85 bits per heavy atom. The monoisotopic (exact) mass is 373 g/mol. The van der Waals surface area contributed by atoms with E-state index in [1.807, 2.05) is 32.9 Å². The zero-order valence-corrected chi connectivity index (χ0v) is 16.1. The van der Waals surface area contributed by atoms with Crippen molar-refractivity contribution >= 4 is 5.97 Å². The van der Waals surface area contributed by atoms with Crippen LogP contribution in [0.2, 0.25) is 0 Å². The van der Waals surface area contributed by atoms with Gasteiger partial charge in [0.05, 0.1) is 30.0 Å². The van der Waals surface area contributed by atoms with Crippen LogP contribution in [0, 0.1) is 12.8 Å². The van der Waals surface area contributed by atoms with E-state index in [9.17, 15) is 4.79 Å². The summed E-state index contributed by atoms with van der Waals surface area (Å²) in [5, 5.41) is 3.95. The molecule has 0 spiro atoms. The Kier molecular flexibility index (Phi) is 6.11. The summed E-state index contributed by atoms with van der Waals surface area (Å²) in [7, 11) is 0. The number of aryl methyl sites for hydroxylation is 1. The van der Waals surface area contributed by atoms with Crippen LogP contribution < -0.4 is 10.5 Å². The minimum Gasteiger partial charge on any atom is -0.489 e. The van der Waals surface area contributed by atoms with Crippen molar-refractivity contribution in [3.8, 4) is 17.2 Å². The molecule has 7 nitrogen and oxygen atoms in total. The quantitative estimate of drug-likeness (QED) is 0.775. The number of aromatic nitrogens is 2. The molecule has 7 heteroatoms. The molecule has 2 N–H and O–H groups in total. The Hall–Kier alpha value is -2.41. The summed E-state index contributed by atoms with van der Waals surface area (Å²) in [4.78, 5) is 16.6. The van der Waals surface area contributed by atoms with Gasteiger partial charge >= 0.3 is 5.97 Å². The Labute approximate surface area is 159 Å². The van der Waals surface area contributed by atoms with Gasteiger partial charge in [-0.25, -0.2) is 4.98 Å². The number of pyridine rings is 1. The second kappa shape index (κ2) is 8.52. The molecule has 0 bridgehead atoms. The molecule has 0 aliphatic heterocycles. The minimum atomic E-state index is -0.123. The normalized spacial score (nSPS) is 19.9. The van der Waals surface area contributed by atoms with Crippen LogP contribution >= 0.6 is 0 Å². The summed E-state index contributed by atoms with van der Waals surface area (Å²) in [6.45, 7) is 5.94. The van der Waals surface area contributed by atoms with E-state index in [2.05, 4.69) is 10.1 Å². The number of carbonyl (C=O) groups is 1. The van der Waals surface area contributed by atoms with E-state index in [-0.39, 0.29) is 24.1 Å². The van der Waals surface area contributed by atoms with Gasteiger partial charge in [-0.05, 0) is 58.6 Å². The fourth-order valence-electron chi connectivity index (χ4n) is 3.40. The highest BCUT2D eigenvalue weighted by Crippen LogP contribution is 2.30. The highest BCUT2D eigenvalue weighted by Gasteiger charge is 2.30. The molecule has 0 unspecified atom stereocenters. The predicted molar refractivity (Wildman–Crippen MR) is 100.0 cm³/mol. The lowest BCUT2D eigenvalue weighted by atomic mass is 9.87. The largest absolute Gasteiger partial charge is 0.489 e. The van der Waals surface area contributed by atoms with Gasteiger partial charge in [-0.3, -0.25) is 4.79 Å². The van der Waals surface area contributed by atoms with Crippen LogP contribution in [0.4, 0.5) is 0 Å². The Morgan fingerprint density at radius 2 is 2.19 bits per heavy atom. The number of hydrogen-bond donors (Lipinski definition) is 1. The standard InChI is InChI=1S/C20H27N3O4/c1-12(2)25-20(24)14-5-4-6-15(9-14)26-16-7-8-18(22-11-16)19-17(10-21)13(3)23-27-19/h7-8,11-12,14-15H,4-6,9-10,21H2,1-3H3/t14-,15-/m0/s1. The summed E-state index contributed by atoms with van der Waals surface area (Å²) in [6.07, 6.45) is 4.97. The predicted octanol–water partition coefficient (Wildman–Crippen LogP) is 3.39. The third-order valence-corrected chi connectivity index (χ3v) is 4.77. The molecule has 2 aromatic rings. The topological polar surface area (TPSA) is 100 Å². The first-order valence-electron chi connectivity index (χ1n) is 9.46. The van der Waals surface area contributed by atoms with E-state index >= 15 is 0 Å². The summed E-state index contributed by atoms with van der Waals surface area (Å²) in [5.41, 5.74) is 8.07. The van der Waals surface area contributed by atoms with Gasteiger partial charge in [-0.15, -0.1) is 0 Å². The van der Waals surface area contributed by atoms with Crippen molar-refractivity contribution in [2.45, 2.75) is 65.2 Å². The molecule has 1 fully saturated rings. The zero-order chi connectivity index (χ0) is 19.4. The molecular weight excluding hydrogens is 346 g/mol. The van der Waals surface area contributed by atoms with Crippen molar-refractivity contribution in [3.05, 3.63) is 29.6 Å². The molecule has 2 atom stereocenters.